The van der Waals surface area contributed by atoms with E-state index in [1.807, 2.05) is 5.32 Å². The van der Waals surface area contributed by atoms with Crippen molar-refractivity contribution in [1.82, 2.24) is 10.6 Å². The molecule has 3 N–H and O–H groups in total. The molecule has 0 saturated carbocycles. The quantitative estimate of drug-likeness (QED) is 0.253. The van der Waals surface area contributed by atoms with Gasteiger partial charge in [0.2, 0.25) is 10.7 Å². The maximum Gasteiger partial charge on any atom is 0.288 e. The molecule has 1 aromatic rings. The van der Waals surface area contributed by atoms with Crippen LogP contribution in [0, 0.1) is 0 Å². The van der Waals surface area contributed by atoms with Crippen LogP contribution in [0.1, 0.15) is 16.8 Å². The lowest BCUT2D eigenvalue weighted by Crippen LogP contribution is -2.52. The van der Waals surface area contributed by atoms with Crippen molar-refractivity contribution in [3.8, 4) is 0 Å². The third-order valence-electron chi connectivity index (χ3n) is 3.50. The lowest BCUT2D eigenvalue weighted by Gasteiger charge is -2.19. The summed E-state index contributed by atoms with van der Waals surface area (Å²) >= 11 is 0. The number of carbonyl (C=O) groups is 5. The molecule has 4 amide bonds. The van der Waals surface area contributed by atoms with E-state index in [1.54, 1.807) is 11.4 Å². The first-order valence-corrected chi connectivity index (χ1v) is 8.46. The highest BCUT2D eigenvalue weighted by atomic mass is 32.2. The molecule has 1 aromatic carbocycles. The lowest BCUT2D eigenvalue weighted by molar-refractivity contribution is -0.126. The molecule has 0 spiro atoms. The Labute approximate surface area is 147 Å². The van der Waals surface area contributed by atoms with Gasteiger partial charge in [-0.05, 0) is 0 Å². The normalized spacial score (nSPS) is 21.7. The summed E-state index contributed by atoms with van der Waals surface area (Å²) in [6.07, 6.45) is 1.48. The number of benzene rings is 1. The number of hydrogen-bond acceptors (Lipinski definition) is 7. The van der Waals surface area contributed by atoms with E-state index in [-0.39, 0.29) is 17.4 Å². The Morgan fingerprint density at radius 1 is 0.962 bits per heavy atom. The number of ketones is 1. The van der Waals surface area contributed by atoms with Crippen LogP contribution in [0.15, 0.2) is 42.5 Å². The van der Waals surface area contributed by atoms with Crippen LogP contribution in [0.5, 0.6) is 0 Å². The van der Waals surface area contributed by atoms with Gasteiger partial charge in [-0.3, -0.25) is 39.2 Å². The SMILES string of the molecule is O=C1C=CC(=O)N1.O=C1CC(C(=O)c2ccccc2)(S(=O)(=O)O)C(=O)N1. The van der Waals surface area contributed by atoms with Crippen molar-refractivity contribution in [1.29, 1.82) is 0 Å². The summed E-state index contributed by atoms with van der Waals surface area (Å²) in [5.41, 5.74) is -0.0787. The fourth-order valence-electron chi connectivity index (χ4n) is 2.27. The fraction of sp³-hybridized carbons (Fsp3) is 0.133. The minimum absolute atomic E-state index is 0.0787. The summed E-state index contributed by atoms with van der Waals surface area (Å²) < 4.78 is 29.3. The van der Waals surface area contributed by atoms with Gasteiger partial charge in [-0.15, -0.1) is 0 Å². The number of hydrogen-bond donors (Lipinski definition) is 3. The van der Waals surface area contributed by atoms with Crippen LogP contribution in [0.25, 0.3) is 0 Å². The van der Waals surface area contributed by atoms with E-state index >= 15 is 0 Å². The molecule has 2 heterocycles. The van der Waals surface area contributed by atoms with Crippen molar-refractivity contribution in [3.63, 3.8) is 0 Å². The number of carbonyl (C=O) groups excluding carboxylic acids is 5. The van der Waals surface area contributed by atoms with Gasteiger partial charge in [-0.25, -0.2) is 0 Å². The molecule has 0 aromatic heterocycles. The molecule has 10 nitrogen and oxygen atoms in total. The van der Waals surface area contributed by atoms with Crippen molar-refractivity contribution >= 4 is 39.5 Å². The maximum atomic E-state index is 12.2. The van der Waals surface area contributed by atoms with E-state index in [0.29, 0.717) is 0 Å². The summed E-state index contributed by atoms with van der Waals surface area (Å²) in [5, 5.41) is 3.75. The molecule has 136 valence electrons. The van der Waals surface area contributed by atoms with E-state index in [0.717, 1.165) is 0 Å². The molecule has 1 saturated heterocycles. The zero-order valence-electron chi connectivity index (χ0n) is 13.0. The average Bonchev–Trinajstić information content (AvgIpc) is 3.09. The van der Waals surface area contributed by atoms with Gasteiger partial charge in [0.05, 0.1) is 6.42 Å². The second kappa shape index (κ2) is 6.98. The molecule has 11 heteroatoms. The highest BCUT2D eigenvalue weighted by Gasteiger charge is 2.62. The van der Waals surface area contributed by atoms with Gasteiger partial charge in [0.1, 0.15) is 0 Å². The number of Topliss-reactive ketones (excluding diaryl/α,β-unsaturated/α-hetero) is 1. The molecular weight excluding hydrogens is 368 g/mol. The number of rotatable bonds is 3. The first kappa shape index (κ1) is 19.1. The van der Waals surface area contributed by atoms with Crippen molar-refractivity contribution in [2.45, 2.75) is 11.2 Å². The van der Waals surface area contributed by atoms with Crippen LogP contribution in [0.3, 0.4) is 0 Å². The molecule has 3 rings (SSSR count). The zero-order valence-corrected chi connectivity index (χ0v) is 13.8. The standard InChI is InChI=1S/C11H9NO6S.C4H3NO2/c13-8-6-11(10(15)12-8,19(16,17)18)9(14)7-4-2-1-3-5-7;6-3-1-2-4(7)5-3/h1-5H,6H2,(H,12,13,15)(H,16,17,18);1-2H,(H,5,6,7). The van der Waals surface area contributed by atoms with Crippen LogP contribution >= 0.6 is 0 Å². The van der Waals surface area contributed by atoms with Gasteiger partial charge < -0.3 is 0 Å². The van der Waals surface area contributed by atoms with Crippen molar-refractivity contribution < 1.29 is 36.9 Å². The first-order valence-electron chi connectivity index (χ1n) is 7.02. The molecule has 2 aliphatic heterocycles. The Kier molecular flexibility index (Phi) is 5.14. The average molecular weight is 380 g/mol. The first-order chi connectivity index (χ1) is 12.1. The molecule has 26 heavy (non-hydrogen) atoms. The van der Waals surface area contributed by atoms with Gasteiger partial charge >= 0.3 is 0 Å². The van der Waals surface area contributed by atoms with Crippen LogP contribution in [0.2, 0.25) is 0 Å². The third kappa shape index (κ3) is 3.58. The van der Waals surface area contributed by atoms with Gasteiger partial charge in [-0.2, -0.15) is 8.42 Å². The second-order valence-electron chi connectivity index (χ2n) is 5.24. The monoisotopic (exact) mass is 380 g/mol. The second-order valence-corrected chi connectivity index (χ2v) is 6.89. The van der Waals surface area contributed by atoms with Crippen LogP contribution in [-0.2, 0) is 29.3 Å². The van der Waals surface area contributed by atoms with Crippen LogP contribution < -0.4 is 10.6 Å². The van der Waals surface area contributed by atoms with Gasteiger partial charge in [0.15, 0.2) is 5.78 Å². The number of imide groups is 2. The summed E-state index contributed by atoms with van der Waals surface area (Å²) in [4.78, 5) is 55.2. The zero-order chi connectivity index (χ0) is 19.5. The largest absolute Gasteiger partial charge is 0.294 e. The Morgan fingerprint density at radius 3 is 1.85 bits per heavy atom. The van der Waals surface area contributed by atoms with E-state index in [1.165, 1.54) is 36.4 Å². The Morgan fingerprint density at radius 2 is 1.50 bits per heavy atom. The van der Waals surface area contributed by atoms with E-state index in [9.17, 15) is 36.9 Å². The minimum Gasteiger partial charge on any atom is -0.294 e. The molecule has 2 aliphatic rings. The van der Waals surface area contributed by atoms with E-state index < -0.39 is 38.9 Å². The highest BCUT2D eigenvalue weighted by Crippen LogP contribution is 2.30. The predicted molar refractivity (Wildman–Crippen MR) is 85.1 cm³/mol. The van der Waals surface area contributed by atoms with Gasteiger partial charge in [0.25, 0.3) is 27.8 Å². The maximum absolute atomic E-state index is 12.2. The fourth-order valence-corrected chi connectivity index (χ4v) is 3.22. The van der Waals surface area contributed by atoms with Gasteiger partial charge in [-0.1, -0.05) is 30.3 Å². The Bertz CT molecular complexity index is 920. The number of nitrogens with one attached hydrogen (secondary N) is 2. The molecule has 0 radical (unpaired) electrons. The summed E-state index contributed by atoms with van der Waals surface area (Å²) in [5.74, 6) is -4.03. The number of amides is 4. The lowest BCUT2D eigenvalue weighted by atomic mass is 9.95. The molecule has 0 bridgehead atoms. The molecule has 1 unspecified atom stereocenters. The van der Waals surface area contributed by atoms with Crippen LogP contribution in [-0.4, -0.2) is 47.1 Å². The topological polar surface area (TPSA) is 164 Å². The summed E-state index contributed by atoms with van der Waals surface area (Å²) in [7, 11) is -5.08. The van der Waals surface area contributed by atoms with Crippen LogP contribution in [0.4, 0.5) is 0 Å². The van der Waals surface area contributed by atoms with Crippen molar-refractivity contribution in [2.75, 3.05) is 0 Å². The van der Waals surface area contributed by atoms with Crippen molar-refractivity contribution in [2.24, 2.45) is 0 Å². The Hall–Kier alpha value is -3.18. The van der Waals surface area contributed by atoms with Crippen molar-refractivity contribution in [3.05, 3.63) is 48.0 Å². The molecule has 1 fully saturated rings. The predicted octanol–water partition coefficient (Wildman–Crippen LogP) is -1.26. The minimum atomic E-state index is -5.08. The van der Waals surface area contributed by atoms with E-state index in [4.69, 9.17) is 0 Å². The third-order valence-corrected chi connectivity index (χ3v) is 4.90. The smallest absolute Gasteiger partial charge is 0.288 e. The molecular formula is C15H12N2O8S. The highest BCUT2D eigenvalue weighted by molar-refractivity contribution is 7.89. The summed E-state index contributed by atoms with van der Waals surface area (Å²) in [6.45, 7) is 0. The summed E-state index contributed by atoms with van der Waals surface area (Å²) in [6, 6.07) is 7.13. The molecule has 0 aliphatic carbocycles. The van der Waals surface area contributed by atoms with Gasteiger partial charge in [0, 0.05) is 17.7 Å². The van der Waals surface area contributed by atoms with E-state index in [2.05, 4.69) is 0 Å². The molecule has 1 atom stereocenters. The Balaban J connectivity index is 0.000000290.